The molecule has 0 bridgehead atoms. The molecule has 0 aliphatic heterocycles. The maximum Gasteiger partial charge on any atom is 0.141 e. The number of aromatic nitrogens is 1. The van der Waals surface area contributed by atoms with Crippen molar-refractivity contribution in [2.45, 2.75) is 19.4 Å². The zero-order valence-corrected chi connectivity index (χ0v) is 7.45. The first-order valence-corrected chi connectivity index (χ1v) is 4.04. The third-order valence-corrected chi connectivity index (χ3v) is 1.81. The lowest BCUT2D eigenvalue weighted by Crippen LogP contribution is -2.11. The Balaban J connectivity index is 2.96. The molecule has 1 heterocycles. The molecule has 2 N–H and O–H groups in total. The minimum absolute atomic E-state index is 0.0267. The van der Waals surface area contributed by atoms with Gasteiger partial charge in [-0.15, -0.1) is 0 Å². The number of methoxy groups -OCH3 is 1. The van der Waals surface area contributed by atoms with E-state index in [1.54, 1.807) is 13.3 Å². The minimum Gasteiger partial charge on any atom is -0.495 e. The second-order valence-corrected chi connectivity index (χ2v) is 2.61. The standard InChI is InChI=1S/C9H14N2O/c1-3-7(10)9-8(12-2)5-4-6-11-9/h4-7H,3,10H2,1-2H3/t7-/m1/s1. The van der Waals surface area contributed by atoms with Crippen molar-refractivity contribution >= 4 is 0 Å². The zero-order chi connectivity index (χ0) is 8.97. The molecule has 0 spiro atoms. The number of nitrogens with zero attached hydrogens (tertiary/aromatic N) is 1. The van der Waals surface area contributed by atoms with E-state index in [0.29, 0.717) is 0 Å². The van der Waals surface area contributed by atoms with E-state index in [2.05, 4.69) is 4.98 Å². The average molecular weight is 166 g/mol. The monoisotopic (exact) mass is 166 g/mol. The van der Waals surface area contributed by atoms with Gasteiger partial charge in [0, 0.05) is 6.20 Å². The average Bonchev–Trinajstić information content (AvgIpc) is 2.16. The van der Waals surface area contributed by atoms with Gasteiger partial charge in [-0.2, -0.15) is 0 Å². The maximum atomic E-state index is 5.83. The molecular formula is C9H14N2O. The van der Waals surface area contributed by atoms with Crippen LogP contribution in [0.3, 0.4) is 0 Å². The van der Waals surface area contributed by atoms with Gasteiger partial charge in [0.25, 0.3) is 0 Å². The van der Waals surface area contributed by atoms with E-state index < -0.39 is 0 Å². The van der Waals surface area contributed by atoms with E-state index in [-0.39, 0.29) is 6.04 Å². The molecule has 0 aliphatic rings. The van der Waals surface area contributed by atoms with Gasteiger partial charge in [-0.1, -0.05) is 6.92 Å². The Bertz CT molecular complexity index is 250. The molecular weight excluding hydrogens is 152 g/mol. The summed E-state index contributed by atoms with van der Waals surface area (Å²) >= 11 is 0. The molecule has 0 saturated carbocycles. The number of ether oxygens (including phenoxy) is 1. The molecule has 3 heteroatoms. The van der Waals surface area contributed by atoms with Gasteiger partial charge >= 0.3 is 0 Å². The van der Waals surface area contributed by atoms with E-state index in [1.807, 2.05) is 19.1 Å². The molecule has 0 aliphatic carbocycles. The lowest BCUT2D eigenvalue weighted by Gasteiger charge is -2.11. The van der Waals surface area contributed by atoms with Crippen molar-refractivity contribution in [1.82, 2.24) is 4.98 Å². The van der Waals surface area contributed by atoms with Gasteiger partial charge < -0.3 is 10.5 Å². The Morgan fingerprint density at radius 3 is 3.00 bits per heavy atom. The van der Waals surface area contributed by atoms with Gasteiger partial charge in [0.2, 0.25) is 0 Å². The summed E-state index contributed by atoms with van der Waals surface area (Å²) in [6, 6.07) is 3.68. The van der Waals surface area contributed by atoms with Gasteiger partial charge in [-0.25, -0.2) is 0 Å². The highest BCUT2D eigenvalue weighted by Gasteiger charge is 2.09. The number of hydrogen-bond donors (Lipinski definition) is 1. The summed E-state index contributed by atoms with van der Waals surface area (Å²) < 4.78 is 5.13. The Kier molecular flexibility index (Phi) is 3.05. The van der Waals surface area contributed by atoms with E-state index in [4.69, 9.17) is 10.5 Å². The van der Waals surface area contributed by atoms with Gasteiger partial charge in [-0.05, 0) is 18.6 Å². The van der Waals surface area contributed by atoms with Crippen molar-refractivity contribution in [2.24, 2.45) is 5.73 Å². The van der Waals surface area contributed by atoms with E-state index >= 15 is 0 Å². The smallest absolute Gasteiger partial charge is 0.141 e. The molecule has 1 aromatic rings. The van der Waals surface area contributed by atoms with Crippen LogP contribution in [-0.4, -0.2) is 12.1 Å². The molecule has 66 valence electrons. The van der Waals surface area contributed by atoms with Crippen molar-refractivity contribution in [3.05, 3.63) is 24.0 Å². The van der Waals surface area contributed by atoms with E-state index in [9.17, 15) is 0 Å². The number of rotatable bonds is 3. The molecule has 0 unspecified atom stereocenters. The Morgan fingerprint density at radius 1 is 1.67 bits per heavy atom. The Morgan fingerprint density at radius 2 is 2.42 bits per heavy atom. The number of nitrogens with two attached hydrogens (primary N) is 1. The summed E-state index contributed by atoms with van der Waals surface area (Å²) in [6.07, 6.45) is 2.60. The van der Waals surface area contributed by atoms with Crippen molar-refractivity contribution < 1.29 is 4.74 Å². The molecule has 0 radical (unpaired) electrons. The lowest BCUT2D eigenvalue weighted by molar-refractivity contribution is 0.401. The highest BCUT2D eigenvalue weighted by atomic mass is 16.5. The van der Waals surface area contributed by atoms with Crippen molar-refractivity contribution in [1.29, 1.82) is 0 Å². The topological polar surface area (TPSA) is 48.1 Å². The molecule has 0 fully saturated rings. The van der Waals surface area contributed by atoms with Crippen molar-refractivity contribution in [3.63, 3.8) is 0 Å². The summed E-state index contributed by atoms with van der Waals surface area (Å²) in [6.45, 7) is 2.03. The predicted molar refractivity (Wildman–Crippen MR) is 48.0 cm³/mol. The first kappa shape index (κ1) is 9.00. The van der Waals surface area contributed by atoms with Gasteiger partial charge in [0.15, 0.2) is 0 Å². The second-order valence-electron chi connectivity index (χ2n) is 2.61. The first-order chi connectivity index (χ1) is 5.79. The molecule has 1 atom stereocenters. The SMILES string of the molecule is CC[C@@H](N)c1ncccc1OC. The van der Waals surface area contributed by atoms with Gasteiger partial charge in [0.05, 0.1) is 18.8 Å². The Labute approximate surface area is 72.6 Å². The van der Waals surface area contributed by atoms with Crippen LogP contribution in [-0.2, 0) is 0 Å². The summed E-state index contributed by atoms with van der Waals surface area (Å²) in [5.41, 5.74) is 6.66. The summed E-state index contributed by atoms with van der Waals surface area (Å²) in [7, 11) is 1.63. The quantitative estimate of drug-likeness (QED) is 0.740. The van der Waals surface area contributed by atoms with Crippen LogP contribution in [0.1, 0.15) is 25.1 Å². The summed E-state index contributed by atoms with van der Waals surface area (Å²) in [5, 5.41) is 0. The summed E-state index contributed by atoms with van der Waals surface area (Å²) in [5.74, 6) is 0.770. The molecule has 0 aromatic carbocycles. The van der Waals surface area contributed by atoms with Crippen molar-refractivity contribution in [3.8, 4) is 5.75 Å². The fourth-order valence-electron chi connectivity index (χ4n) is 1.05. The van der Waals surface area contributed by atoms with Crippen LogP contribution in [0.25, 0.3) is 0 Å². The van der Waals surface area contributed by atoms with Crippen LogP contribution < -0.4 is 10.5 Å². The van der Waals surface area contributed by atoms with Crippen LogP contribution in [0.2, 0.25) is 0 Å². The largest absolute Gasteiger partial charge is 0.495 e. The normalized spacial score (nSPS) is 12.6. The second kappa shape index (κ2) is 4.07. The molecule has 3 nitrogen and oxygen atoms in total. The lowest BCUT2D eigenvalue weighted by atomic mass is 10.1. The molecule has 1 rings (SSSR count). The summed E-state index contributed by atoms with van der Waals surface area (Å²) in [4.78, 5) is 4.17. The fraction of sp³-hybridized carbons (Fsp3) is 0.444. The van der Waals surface area contributed by atoms with Crippen molar-refractivity contribution in [2.75, 3.05) is 7.11 Å². The number of hydrogen-bond acceptors (Lipinski definition) is 3. The highest BCUT2D eigenvalue weighted by Crippen LogP contribution is 2.21. The molecule has 12 heavy (non-hydrogen) atoms. The first-order valence-electron chi connectivity index (χ1n) is 4.04. The van der Waals surface area contributed by atoms with Gasteiger partial charge in [-0.3, -0.25) is 4.98 Å². The van der Waals surface area contributed by atoms with Gasteiger partial charge in [0.1, 0.15) is 5.75 Å². The minimum atomic E-state index is -0.0267. The highest BCUT2D eigenvalue weighted by molar-refractivity contribution is 5.28. The third-order valence-electron chi connectivity index (χ3n) is 1.81. The zero-order valence-electron chi connectivity index (χ0n) is 7.45. The van der Waals surface area contributed by atoms with E-state index in [0.717, 1.165) is 17.9 Å². The predicted octanol–water partition coefficient (Wildman–Crippen LogP) is 1.50. The molecule has 1 aromatic heterocycles. The molecule has 0 amide bonds. The van der Waals surface area contributed by atoms with E-state index in [1.165, 1.54) is 0 Å². The molecule has 0 saturated heterocycles. The van der Waals surface area contributed by atoms with Crippen LogP contribution >= 0.6 is 0 Å². The van der Waals surface area contributed by atoms with Crippen LogP contribution in [0.5, 0.6) is 5.75 Å². The maximum absolute atomic E-state index is 5.83. The van der Waals surface area contributed by atoms with Crippen LogP contribution in [0.15, 0.2) is 18.3 Å². The third kappa shape index (κ3) is 1.74. The van der Waals surface area contributed by atoms with Crippen LogP contribution in [0.4, 0.5) is 0 Å². The Hall–Kier alpha value is -1.09. The number of pyridine rings is 1. The fourth-order valence-corrected chi connectivity index (χ4v) is 1.05. The van der Waals surface area contributed by atoms with Crippen LogP contribution in [0, 0.1) is 0 Å².